The molecule has 2 saturated heterocycles. The smallest absolute Gasteiger partial charge is 0.222 e. The molecule has 3 heterocycles. The lowest BCUT2D eigenvalue weighted by Crippen LogP contribution is -2.40. The molecule has 4 aromatic rings. The molecule has 6 rings (SSSR count). The maximum Gasteiger partial charge on any atom is 0.222 e. The average molecular weight is 771 g/mol. The fraction of sp³-hybridized carbons (Fsp3) is 0.419. The number of nitriles is 1. The van der Waals surface area contributed by atoms with E-state index >= 15 is 0 Å². The van der Waals surface area contributed by atoms with Crippen LogP contribution in [0.1, 0.15) is 66.3 Å². The van der Waals surface area contributed by atoms with Crippen molar-refractivity contribution in [2.75, 3.05) is 46.4 Å². The van der Waals surface area contributed by atoms with Gasteiger partial charge < -0.3 is 24.4 Å². The van der Waals surface area contributed by atoms with Crippen LogP contribution in [0.5, 0.6) is 17.2 Å². The van der Waals surface area contributed by atoms with Crippen molar-refractivity contribution in [3.63, 3.8) is 0 Å². The highest BCUT2D eigenvalue weighted by atomic mass is 35.5. The fourth-order valence-corrected chi connectivity index (χ4v) is 7.83. The minimum absolute atomic E-state index is 0.119. The molecule has 2 aliphatic rings. The lowest BCUT2D eigenvalue weighted by atomic mass is 9.96. The number of carbonyl (C=O) groups excluding carboxylic acids is 1. The van der Waals surface area contributed by atoms with Crippen molar-refractivity contribution in [2.24, 2.45) is 5.92 Å². The van der Waals surface area contributed by atoms with Crippen LogP contribution in [0, 0.1) is 24.2 Å². The van der Waals surface area contributed by atoms with Crippen molar-refractivity contribution in [1.82, 2.24) is 20.1 Å². The lowest BCUT2D eigenvalue weighted by molar-refractivity contribution is -0.125. The standard InChI is InChI=1S/C43H49Cl2N5O4/c1-30-34(9-6-10-36(30)37-11-7-12-39(42(37)45)52-20-8-17-49-18-13-33(14-19-49)43(51)47-2)29-54-41-23-40(53-28-32-21-31(24-46)25-48-26-32)35(22-38(41)44)27-50-15-4-3-5-16-50/h6-7,9-12,21-23,25-26,33H,3-5,8,13-20,27-29H2,1-2H3,(H,47,51). The largest absolute Gasteiger partial charge is 0.492 e. The third kappa shape index (κ3) is 10.2. The van der Waals surface area contributed by atoms with Gasteiger partial charge in [-0.05, 0) is 100 Å². The van der Waals surface area contributed by atoms with Gasteiger partial charge in [0, 0.05) is 61.2 Å². The minimum atomic E-state index is 0.119. The first-order valence-corrected chi connectivity index (χ1v) is 19.7. The van der Waals surface area contributed by atoms with Gasteiger partial charge >= 0.3 is 0 Å². The molecule has 3 aromatic carbocycles. The number of aromatic nitrogens is 1. The second-order valence-electron chi connectivity index (χ2n) is 14.1. The van der Waals surface area contributed by atoms with Gasteiger partial charge in [0.25, 0.3) is 0 Å². The number of pyridine rings is 1. The number of ether oxygens (including phenoxy) is 3. The Kier molecular flexibility index (Phi) is 14.1. The van der Waals surface area contributed by atoms with Gasteiger partial charge in [-0.15, -0.1) is 0 Å². The van der Waals surface area contributed by atoms with E-state index in [1.54, 1.807) is 25.5 Å². The second kappa shape index (κ2) is 19.3. The maximum atomic E-state index is 12.0. The van der Waals surface area contributed by atoms with E-state index in [2.05, 4.69) is 45.2 Å². The zero-order chi connectivity index (χ0) is 37.9. The monoisotopic (exact) mass is 769 g/mol. The minimum Gasteiger partial charge on any atom is -0.492 e. The van der Waals surface area contributed by atoms with E-state index in [0.717, 1.165) is 91.9 Å². The van der Waals surface area contributed by atoms with Gasteiger partial charge in [0.15, 0.2) is 0 Å². The van der Waals surface area contributed by atoms with Crippen LogP contribution in [-0.2, 0) is 24.6 Å². The molecule has 0 unspecified atom stereocenters. The first-order valence-electron chi connectivity index (χ1n) is 18.9. The molecule has 9 nitrogen and oxygen atoms in total. The number of halogens is 2. The molecule has 1 N–H and O–H groups in total. The zero-order valence-electron chi connectivity index (χ0n) is 31.2. The van der Waals surface area contributed by atoms with Crippen molar-refractivity contribution in [2.45, 2.75) is 65.2 Å². The van der Waals surface area contributed by atoms with E-state index in [4.69, 9.17) is 37.4 Å². The van der Waals surface area contributed by atoms with E-state index in [1.807, 2.05) is 36.4 Å². The molecule has 0 radical (unpaired) electrons. The molecular weight excluding hydrogens is 721 g/mol. The summed E-state index contributed by atoms with van der Waals surface area (Å²) >= 11 is 13.9. The summed E-state index contributed by atoms with van der Waals surface area (Å²) in [5.74, 6) is 2.16. The summed E-state index contributed by atoms with van der Waals surface area (Å²) in [5.41, 5.74) is 6.26. The zero-order valence-corrected chi connectivity index (χ0v) is 32.7. The Balaban J connectivity index is 1.11. The van der Waals surface area contributed by atoms with Gasteiger partial charge in [0.05, 0.1) is 22.2 Å². The molecule has 0 bridgehead atoms. The molecule has 2 aliphatic heterocycles. The van der Waals surface area contributed by atoms with Crippen molar-refractivity contribution in [3.8, 4) is 34.4 Å². The second-order valence-corrected chi connectivity index (χ2v) is 14.9. The first-order chi connectivity index (χ1) is 26.3. The Morgan fingerprint density at radius 3 is 2.41 bits per heavy atom. The number of hydrogen-bond donors (Lipinski definition) is 1. The first kappa shape index (κ1) is 39.4. The summed E-state index contributed by atoms with van der Waals surface area (Å²) in [5, 5.41) is 13.2. The number of carbonyl (C=O) groups is 1. The Bertz CT molecular complexity index is 1940. The van der Waals surface area contributed by atoms with Crippen LogP contribution in [0.15, 0.2) is 67.0 Å². The SMILES string of the molecule is CNC(=O)C1CCN(CCCOc2cccc(-c3cccc(COc4cc(OCc5cncc(C#N)c5)c(CN5CCCCC5)cc4Cl)c3C)c2Cl)CC1. The van der Waals surface area contributed by atoms with E-state index in [1.165, 1.54) is 19.3 Å². The molecule has 0 spiro atoms. The Morgan fingerprint density at radius 1 is 0.870 bits per heavy atom. The topological polar surface area (TPSA) is 100.0 Å². The number of benzene rings is 3. The van der Waals surface area contributed by atoms with Crippen molar-refractivity contribution < 1.29 is 19.0 Å². The number of amides is 1. The molecule has 1 aromatic heterocycles. The van der Waals surface area contributed by atoms with Crippen LogP contribution in [0.25, 0.3) is 11.1 Å². The highest BCUT2D eigenvalue weighted by Crippen LogP contribution is 2.39. The van der Waals surface area contributed by atoms with E-state index < -0.39 is 0 Å². The number of nitrogens with one attached hydrogen (secondary N) is 1. The molecule has 0 atom stereocenters. The van der Waals surface area contributed by atoms with Crippen molar-refractivity contribution in [3.05, 3.63) is 105 Å². The van der Waals surface area contributed by atoms with Crippen LogP contribution >= 0.6 is 23.2 Å². The van der Waals surface area contributed by atoms with Gasteiger partial charge in [0.2, 0.25) is 5.91 Å². The van der Waals surface area contributed by atoms with Crippen LogP contribution < -0.4 is 19.5 Å². The lowest BCUT2D eigenvalue weighted by Gasteiger charge is -2.30. The number of rotatable bonds is 15. The highest BCUT2D eigenvalue weighted by molar-refractivity contribution is 6.35. The molecule has 54 heavy (non-hydrogen) atoms. The van der Waals surface area contributed by atoms with Gasteiger partial charge in [-0.3, -0.25) is 14.7 Å². The Hall–Kier alpha value is -4.33. The van der Waals surface area contributed by atoms with E-state index in [9.17, 15) is 10.1 Å². The quantitative estimate of drug-likeness (QED) is 0.120. The molecular formula is C43H49Cl2N5O4. The molecule has 2 fully saturated rings. The summed E-state index contributed by atoms with van der Waals surface area (Å²) in [6, 6.07) is 19.8. The summed E-state index contributed by atoms with van der Waals surface area (Å²) in [4.78, 5) is 21.0. The van der Waals surface area contributed by atoms with Gasteiger partial charge in [-0.2, -0.15) is 5.26 Å². The molecule has 284 valence electrons. The predicted octanol–water partition coefficient (Wildman–Crippen LogP) is 8.61. The van der Waals surface area contributed by atoms with Crippen molar-refractivity contribution >= 4 is 29.1 Å². The Morgan fingerprint density at radius 2 is 1.63 bits per heavy atom. The van der Waals surface area contributed by atoms with Crippen LogP contribution in [-0.4, -0.2) is 67.1 Å². The third-order valence-electron chi connectivity index (χ3n) is 10.4. The van der Waals surface area contributed by atoms with Gasteiger partial charge in [-0.25, -0.2) is 0 Å². The fourth-order valence-electron chi connectivity index (χ4n) is 7.30. The summed E-state index contributed by atoms with van der Waals surface area (Å²) < 4.78 is 18.9. The number of likely N-dealkylation sites (tertiary alicyclic amines) is 2. The summed E-state index contributed by atoms with van der Waals surface area (Å²) in [6.45, 7) is 8.78. The molecule has 0 saturated carbocycles. The number of hydrogen-bond acceptors (Lipinski definition) is 8. The Labute approximate surface area is 329 Å². The average Bonchev–Trinajstić information content (AvgIpc) is 3.20. The number of piperidine rings is 2. The molecule has 0 aliphatic carbocycles. The molecule has 11 heteroatoms. The van der Waals surface area contributed by atoms with Crippen LogP contribution in [0.4, 0.5) is 0 Å². The maximum absolute atomic E-state index is 12.0. The van der Waals surface area contributed by atoms with Gasteiger partial charge in [-0.1, -0.05) is 60.0 Å². The summed E-state index contributed by atoms with van der Waals surface area (Å²) in [6.07, 6.45) is 9.53. The van der Waals surface area contributed by atoms with Crippen LogP contribution in [0.3, 0.4) is 0 Å². The predicted molar refractivity (Wildman–Crippen MR) is 213 cm³/mol. The molecule has 1 amide bonds. The number of nitrogens with zero attached hydrogens (tertiary/aromatic N) is 4. The van der Waals surface area contributed by atoms with Crippen molar-refractivity contribution in [1.29, 1.82) is 5.26 Å². The normalized spacial score (nSPS) is 15.4. The highest BCUT2D eigenvalue weighted by Gasteiger charge is 2.24. The van der Waals surface area contributed by atoms with Gasteiger partial charge in [0.1, 0.15) is 36.5 Å². The van der Waals surface area contributed by atoms with E-state index in [0.29, 0.717) is 46.1 Å². The third-order valence-corrected chi connectivity index (χ3v) is 11.1. The van der Waals surface area contributed by atoms with Crippen LogP contribution in [0.2, 0.25) is 10.0 Å². The summed E-state index contributed by atoms with van der Waals surface area (Å²) in [7, 11) is 1.71. The van der Waals surface area contributed by atoms with E-state index in [-0.39, 0.29) is 18.4 Å².